The van der Waals surface area contributed by atoms with Gasteiger partial charge in [0.05, 0.1) is 23.9 Å². The minimum absolute atomic E-state index is 0.153. The molecule has 4 nitrogen and oxygen atoms in total. The van der Waals surface area contributed by atoms with Crippen LogP contribution in [0.5, 0.6) is 5.75 Å². The average molecular weight is 267 g/mol. The van der Waals surface area contributed by atoms with E-state index >= 15 is 0 Å². The molecule has 0 aliphatic heterocycles. The molecular formula is C9H6F5N3O. The Morgan fingerprint density at radius 1 is 1.44 bits per heavy atom. The van der Waals surface area contributed by atoms with Crippen LogP contribution in [0.1, 0.15) is 17.8 Å². The predicted molar refractivity (Wildman–Crippen MR) is 49.6 cm³/mol. The number of pyridine rings is 1. The van der Waals surface area contributed by atoms with E-state index in [0.29, 0.717) is 0 Å². The number of halogens is 5. The van der Waals surface area contributed by atoms with Gasteiger partial charge in [0.15, 0.2) is 11.4 Å². The van der Waals surface area contributed by atoms with Crippen LogP contribution < -0.4 is 10.5 Å². The van der Waals surface area contributed by atoms with Crippen molar-refractivity contribution in [3.63, 3.8) is 0 Å². The van der Waals surface area contributed by atoms with Crippen LogP contribution in [0.2, 0.25) is 0 Å². The highest BCUT2D eigenvalue weighted by atomic mass is 19.4. The molecule has 0 spiro atoms. The first-order valence-electron chi connectivity index (χ1n) is 4.44. The van der Waals surface area contributed by atoms with E-state index in [1.165, 1.54) is 0 Å². The molecule has 1 rings (SSSR count). The van der Waals surface area contributed by atoms with Gasteiger partial charge in [-0.15, -0.1) is 13.2 Å². The Morgan fingerprint density at radius 3 is 2.50 bits per heavy atom. The number of alkyl halides is 5. The third-order valence-corrected chi connectivity index (χ3v) is 1.77. The molecule has 9 heteroatoms. The largest absolute Gasteiger partial charge is 0.573 e. The Morgan fingerprint density at radius 2 is 2.06 bits per heavy atom. The highest BCUT2D eigenvalue weighted by Gasteiger charge is 2.35. The van der Waals surface area contributed by atoms with E-state index in [4.69, 9.17) is 11.0 Å². The summed E-state index contributed by atoms with van der Waals surface area (Å²) in [4.78, 5) is 3.23. The van der Waals surface area contributed by atoms with E-state index in [9.17, 15) is 22.0 Å². The minimum Gasteiger partial charge on any atom is -0.401 e. The summed E-state index contributed by atoms with van der Waals surface area (Å²) in [5.74, 6) is -1.24. The van der Waals surface area contributed by atoms with Crippen LogP contribution in [0, 0.1) is 11.3 Å². The molecule has 0 unspecified atom stereocenters. The van der Waals surface area contributed by atoms with Gasteiger partial charge in [0, 0.05) is 0 Å². The molecule has 0 radical (unpaired) electrons. The van der Waals surface area contributed by atoms with E-state index in [-0.39, 0.29) is 12.1 Å². The quantitative estimate of drug-likeness (QED) is 0.854. The molecule has 0 aliphatic rings. The molecule has 0 aliphatic carbocycles. The fourth-order valence-electron chi connectivity index (χ4n) is 1.18. The van der Waals surface area contributed by atoms with Crippen LogP contribution in [0.25, 0.3) is 0 Å². The summed E-state index contributed by atoms with van der Waals surface area (Å²) >= 11 is 0. The SMILES string of the molecule is N#CCc1cc(N)c(OC(F)(F)F)c(C(F)F)n1. The highest BCUT2D eigenvalue weighted by Crippen LogP contribution is 2.36. The van der Waals surface area contributed by atoms with Gasteiger partial charge in [-0.05, 0) is 6.07 Å². The number of hydrogen-bond donors (Lipinski definition) is 1. The smallest absolute Gasteiger partial charge is 0.401 e. The van der Waals surface area contributed by atoms with Crippen LogP contribution in [0.15, 0.2) is 6.07 Å². The zero-order valence-corrected chi connectivity index (χ0v) is 8.63. The third kappa shape index (κ3) is 3.44. The molecule has 1 aromatic rings. The fraction of sp³-hybridized carbons (Fsp3) is 0.333. The number of hydrogen-bond acceptors (Lipinski definition) is 4. The summed E-state index contributed by atoms with van der Waals surface area (Å²) < 4.78 is 64.5. The van der Waals surface area contributed by atoms with Gasteiger partial charge in [-0.25, -0.2) is 13.8 Å². The molecule has 0 fully saturated rings. The van der Waals surface area contributed by atoms with Crippen LogP contribution in [-0.2, 0) is 6.42 Å². The monoisotopic (exact) mass is 267 g/mol. The molecule has 0 saturated heterocycles. The first-order chi connectivity index (χ1) is 8.24. The van der Waals surface area contributed by atoms with Crippen molar-refractivity contribution in [3.8, 4) is 11.8 Å². The number of rotatable bonds is 3. The molecule has 1 heterocycles. The van der Waals surface area contributed by atoms with Gasteiger partial charge in [0.1, 0.15) is 0 Å². The number of ether oxygens (including phenoxy) is 1. The standard InChI is InChI=1S/C9H6F5N3O/c10-8(11)6-7(18-9(12,13)14)5(16)3-4(17-6)1-2-15/h3,8H,1H2,(H2,16,17). The molecule has 0 amide bonds. The summed E-state index contributed by atoms with van der Waals surface area (Å²) in [7, 11) is 0. The number of nitrogen functional groups attached to an aromatic ring is 1. The maximum Gasteiger partial charge on any atom is 0.573 e. The molecule has 1 aromatic heterocycles. The number of nitrogens with zero attached hydrogens (tertiary/aromatic N) is 2. The van der Waals surface area contributed by atoms with Crippen molar-refractivity contribution < 1.29 is 26.7 Å². The van der Waals surface area contributed by atoms with Gasteiger partial charge >= 0.3 is 6.36 Å². The van der Waals surface area contributed by atoms with Crippen molar-refractivity contribution in [1.82, 2.24) is 4.98 Å². The lowest BCUT2D eigenvalue weighted by Gasteiger charge is -2.15. The van der Waals surface area contributed by atoms with Crippen LogP contribution in [-0.4, -0.2) is 11.3 Å². The van der Waals surface area contributed by atoms with Gasteiger partial charge in [0.2, 0.25) is 0 Å². The van der Waals surface area contributed by atoms with E-state index < -0.39 is 29.9 Å². The second-order valence-electron chi connectivity index (χ2n) is 3.10. The Labute approximate surface area is 97.8 Å². The molecular weight excluding hydrogens is 261 g/mol. The van der Waals surface area contributed by atoms with Gasteiger partial charge in [0.25, 0.3) is 6.43 Å². The summed E-state index contributed by atoms with van der Waals surface area (Å²) in [6.45, 7) is 0. The van der Waals surface area contributed by atoms with E-state index in [2.05, 4.69) is 9.72 Å². The number of anilines is 1. The zero-order valence-electron chi connectivity index (χ0n) is 8.63. The van der Waals surface area contributed by atoms with E-state index in [1.54, 1.807) is 6.07 Å². The molecule has 0 aromatic carbocycles. The van der Waals surface area contributed by atoms with Crippen molar-refractivity contribution in [2.75, 3.05) is 5.73 Å². The highest BCUT2D eigenvalue weighted by molar-refractivity contribution is 5.56. The Bertz CT molecular complexity index is 480. The lowest BCUT2D eigenvalue weighted by atomic mass is 10.2. The summed E-state index contributed by atoms with van der Waals surface area (Å²) in [6, 6.07) is 2.50. The summed E-state index contributed by atoms with van der Waals surface area (Å²) in [5, 5.41) is 8.37. The second kappa shape index (κ2) is 5.03. The van der Waals surface area contributed by atoms with Crippen LogP contribution in [0.3, 0.4) is 0 Å². The average Bonchev–Trinajstić information content (AvgIpc) is 2.20. The van der Waals surface area contributed by atoms with Crippen LogP contribution in [0.4, 0.5) is 27.6 Å². The van der Waals surface area contributed by atoms with Crippen molar-refractivity contribution in [1.29, 1.82) is 5.26 Å². The number of aromatic nitrogens is 1. The lowest BCUT2D eigenvalue weighted by molar-refractivity contribution is -0.275. The van der Waals surface area contributed by atoms with Gasteiger partial charge in [-0.1, -0.05) is 0 Å². The first-order valence-corrected chi connectivity index (χ1v) is 4.44. The van der Waals surface area contributed by atoms with Crippen molar-refractivity contribution in [2.24, 2.45) is 0 Å². The van der Waals surface area contributed by atoms with Crippen molar-refractivity contribution >= 4 is 5.69 Å². The maximum atomic E-state index is 12.6. The Hall–Kier alpha value is -2.11. The summed E-state index contributed by atoms with van der Waals surface area (Å²) in [6.07, 6.45) is -8.81. The van der Waals surface area contributed by atoms with Gasteiger partial charge in [-0.2, -0.15) is 5.26 Å². The normalized spacial score (nSPS) is 11.4. The molecule has 98 valence electrons. The summed E-state index contributed by atoms with van der Waals surface area (Å²) in [5.41, 5.74) is 3.15. The lowest BCUT2D eigenvalue weighted by Crippen LogP contribution is -2.20. The Kier molecular flexibility index (Phi) is 3.90. The maximum absolute atomic E-state index is 12.6. The topological polar surface area (TPSA) is 71.9 Å². The number of nitriles is 1. The third-order valence-electron chi connectivity index (χ3n) is 1.77. The molecule has 0 atom stereocenters. The molecule has 18 heavy (non-hydrogen) atoms. The van der Waals surface area contributed by atoms with Gasteiger partial charge in [-0.3, -0.25) is 0 Å². The predicted octanol–water partition coefficient (Wildman–Crippen LogP) is 2.57. The van der Waals surface area contributed by atoms with Crippen molar-refractivity contribution in [2.45, 2.75) is 19.2 Å². The number of nitrogens with two attached hydrogens (primary N) is 1. The molecule has 2 N–H and O–H groups in total. The molecule has 0 bridgehead atoms. The first kappa shape index (κ1) is 14.0. The van der Waals surface area contributed by atoms with E-state index in [1.807, 2.05) is 0 Å². The van der Waals surface area contributed by atoms with Crippen molar-refractivity contribution in [3.05, 3.63) is 17.5 Å². The van der Waals surface area contributed by atoms with Gasteiger partial charge < -0.3 is 10.5 Å². The minimum atomic E-state index is -5.16. The molecule has 0 saturated carbocycles. The van der Waals surface area contributed by atoms with Crippen LogP contribution >= 0.6 is 0 Å². The second-order valence-corrected chi connectivity index (χ2v) is 3.10. The van der Waals surface area contributed by atoms with E-state index in [0.717, 1.165) is 6.07 Å². The Balaban J connectivity index is 3.28. The zero-order chi connectivity index (χ0) is 13.9. The fourth-order valence-corrected chi connectivity index (χ4v) is 1.18.